The lowest BCUT2D eigenvalue weighted by molar-refractivity contribution is 0.0398. The van der Waals surface area contributed by atoms with Gasteiger partial charge in [-0.2, -0.15) is 0 Å². The number of benzene rings is 1. The van der Waals surface area contributed by atoms with Crippen LogP contribution in [0.4, 0.5) is 0 Å². The second kappa shape index (κ2) is 10.7. The van der Waals surface area contributed by atoms with Crippen molar-refractivity contribution in [2.45, 2.75) is 89.9 Å². The summed E-state index contributed by atoms with van der Waals surface area (Å²) in [5.41, 5.74) is 6.05. The first-order chi connectivity index (χ1) is 14.7. The molecule has 1 aromatic carbocycles. The number of hydrogen-bond donors (Lipinski definition) is 1. The van der Waals surface area contributed by atoms with Crippen LogP contribution in [-0.2, 0) is 15.8 Å². The van der Waals surface area contributed by atoms with Crippen LogP contribution in [0.2, 0.25) is 37.8 Å². The van der Waals surface area contributed by atoms with Crippen molar-refractivity contribution in [2.24, 2.45) is 0 Å². The molecule has 3 atom stereocenters. The first-order valence-corrected chi connectivity index (χ1v) is 17.9. The number of rotatable bonds is 6. The molecular formula is C26H37ClO3Si2. The van der Waals surface area contributed by atoms with Gasteiger partial charge in [0.25, 0.3) is 0 Å². The topological polar surface area (TPSA) is 38.7 Å². The second-order valence-corrected chi connectivity index (χ2v) is 20.6. The highest BCUT2D eigenvalue weighted by atomic mass is 35.5. The molecule has 1 aromatic rings. The summed E-state index contributed by atoms with van der Waals surface area (Å²) in [4.78, 5) is 0. The Morgan fingerprint density at radius 1 is 1.09 bits per heavy atom. The fraction of sp³-hybridized carbons (Fsp3) is 0.538. The Morgan fingerprint density at radius 3 is 2.25 bits per heavy atom. The smallest absolute Gasteiger partial charge is 0.192 e. The highest BCUT2D eigenvalue weighted by Crippen LogP contribution is 2.42. The van der Waals surface area contributed by atoms with E-state index in [-0.39, 0.29) is 17.2 Å². The van der Waals surface area contributed by atoms with Crippen LogP contribution in [-0.4, -0.2) is 39.8 Å². The largest absolute Gasteiger partial charge is 0.409 e. The molecule has 6 heteroatoms. The number of halogens is 1. The van der Waals surface area contributed by atoms with E-state index in [2.05, 4.69) is 76.3 Å². The molecule has 174 valence electrons. The van der Waals surface area contributed by atoms with Gasteiger partial charge in [0.1, 0.15) is 14.2 Å². The fourth-order valence-electron chi connectivity index (χ4n) is 3.23. The van der Waals surface area contributed by atoms with E-state index in [1.807, 2.05) is 30.3 Å². The van der Waals surface area contributed by atoms with E-state index >= 15 is 0 Å². The van der Waals surface area contributed by atoms with Crippen LogP contribution >= 0.6 is 11.6 Å². The van der Waals surface area contributed by atoms with Crippen molar-refractivity contribution in [3.63, 3.8) is 0 Å². The molecule has 0 fully saturated rings. The summed E-state index contributed by atoms with van der Waals surface area (Å²) in [6, 6.07) is 10.0. The lowest BCUT2D eigenvalue weighted by Crippen LogP contribution is -2.44. The van der Waals surface area contributed by atoms with Gasteiger partial charge in [0, 0.05) is 22.9 Å². The Balaban J connectivity index is 2.49. The van der Waals surface area contributed by atoms with E-state index < -0.39 is 22.5 Å². The molecule has 0 aromatic heterocycles. The maximum absolute atomic E-state index is 10.9. The van der Waals surface area contributed by atoms with Crippen LogP contribution < -0.4 is 0 Å². The molecule has 2 rings (SSSR count). The number of aliphatic hydroxyl groups is 1. The minimum atomic E-state index is -2.08. The monoisotopic (exact) mass is 488 g/mol. The molecule has 1 N–H and O–H groups in total. The van der Waals surface area contributed by atoms with Gasteiger partial charge < -0.3 is 14.3 Å². The Morgan fingerprint density at radius 2 is 1.72 bits per heavy atom. The van der Waals surface area contributed by atoms with E-state index in [1.165, 1.54) is 0 Å². The van der Waals surface area contributed by atoms with Crippen molar-refractivity contribution in [2.75, 3.05) is 0 Å². The minimum Gasteiger partial charge on any atom is -0.409 e. The van der Waals surface area contributed by atoms with Crippen molar-refractivity contribution in [1.82, 2.24) is 0 Å². The van der Waals surface area contributed by atoms with Gasteiger partial charge in [-0.05, 0) is 41.2 Å². The van der Waals surface area contributed by atoms with Crippen LogP contribution in [0.15, 0.2) is 41.5 Å². The van der Waals surface area contributed by atoms with Gasteiger partial charge >= 0.3 is 0 Å². The van der Waals surface area contributed by atoms with Crippen molar-refractivity contribution in [3.8, 4) is 22.8 Å². The van der Waals surface area contributed by atoms with E-state index in [1.54, 1.807) is 0 Å². The third-order valence-electron chi connectivity index (χ3n) is 6.00. The van der Waals surface area contributed by atoms with Crippen LogP contribution in [0.5, 0.6) is 0 Å². The summed E-state index contributed by atoms with van der Waals surface area (Å²) in [6.45, 7) is 18.2. The lowest BCUT2D eigenvalue weighted by Gasteiger charge is -2.38. The van der Waals surface area contributed by atoms with E-state index in [0.29, 0.717) is 18.6 Å². The summed E-state index contributed by atoms with van der Waals surface area (Å²) < 4.78 is 13.1. The molecule has 0 unspecified atom stereocenters. The minimum absolute atomic E-state index is 0.0576. The molecule has 1 aliphatic rings. The number of aliphatic hydroxyl groups excluding tert-OH is 1. The number of ether oxygens (including phenoxy) is 1. The zero-order valence-electron chi connectivity index (χ0n) is 20.7. The zero-order valence-corrected chi connectivity index (χ0v) is 23.4. The molecule has 0 amide bonds. The average molecular weight is 489 g/mol. The quantitative estimate of drug-likeness (QED) is 0.388. The SMILES string of the molecule is CC(C)(C)[Si](C)(C)O[C@@H]1C[C@@H](OCc2ccccc2)C([C@@H](O)C#CCl)=C1C#C[Si](C)(C)C. The summed E-state index contributed by atoms with van der Waals surface area (Å²) in [5, 5.41) is 13.3. The third kappa shape index (κ3) is 7.35. The molecule has 3 nitrogen and oxygen atoms in total. The Kier molecular flexibility index (Phi) is 9.04. The Hall–Kier alpha value is -1.32. The highest BCUT2D eigenvalue weighted by molar-refractivity contribution is 6.83. The first-order valence-electron chi connectivity index (χ1n) is 11.1. The first kappa shape index (κ1) is 26.9. The van der Waals surface area contributed by atoms with Crippen molar-refractivity contribution < 1.29 is 14.3 Å². The van der Waals surface area contributed by atoms with Gasteiger partial charge in [-0.3, -0.25) is 0 Å². The molecule has 0 bridgehead atoms. The van der Waals surface area contributed by atoms with Gasteiger partial charge in [-0.15, -0.1) is 5.54 Å². The van der Waals surface area contributed by atoms with E-state index in [4.69, 9.17) is 20.8 Å². The fourth-order valence-corrected chi connectivity index (χ4v) is 5.12. The normalized spacial score (nSPS) is 20.3. The predicted molar refractivity (Wildman–Crippen MR) is 139 cm³/mol. The molecule has 0 heterocycles. The molecule has 0 saturated carbocycles. The summed E-state index contributed by atoms with van der Waals surface area (Å²) in [7, 11) is -3.73. The Labute approximate surface area is 201 Å². The summed E-state index contributed by atoms with van der Waals surface area (Å²) in [5.74, 6) is 6.09. The maximum Gasteiger partial charge on any atom is 0.192 e. The van der Waals surface area contributed by atoms with E-state index in [9.17, 15) is 5.11 Å². The van der Waals surface area contributed by atoms with Crippen molar-refractivity contribution in [3.05, 3.63) is 47.0 Å². The second-order valence-electron chi connectivity index (χ2n) is 10.9. The maximum atomic E-state index is 10.9. The van der Waals surface area contributed by atoms with Crippen molar-refractivity contribution >= 4 is 28.0 Å². The Bertz CT molecular complexity index is 935. The third-order valence-corrected chi connectivity index (χ3v) is 11.5. The van der Waals surface area contributed by atoms with Gasteiger partial charge in [-0.25, -0.2) is 0 Å². The van der Waals surface area contributed by atoms with Crippen LogP contribution in [0.3, 0.4) is 0 Å². The lowest BCUT2D eigenvalue weighted by atomic mass is 10.0. The van der Waals surface area contributed by atoms with Crippen LogP contribution in [0.1, 0.15) is 32.8 Å². The highest BCUT2D eigenvalue weighted by Gasteiger charge is 2.44. The van der Waals surface area contributed by atoms with Crippen molar-refractivity contribution in [1.29, 1.82) is 0 Å². The molecule has 0 saturated heterocycles. The van der Waals surface area contributed by atoms with Gasteiger partial charge in [0.2, 0.25) is 0 Å². The van der Waals surface area contributed by atoms with Gasteiger partial charge in [0.05, 0.1) is 18.8 Å². The molecule has 0 spiro atoms. The van der Waals surface area contributed by atoms with Gasteiger partial charge in [-0.1, -0.05) is 76.7 Å². The zero-order chi connectivity index (χ0) is 24.2. The van der Waals surface area contributed by atoms with Crippen LogP contribution in [0, 0.1) is 22.8 Å². The number of hydrogen-bond acceptors (Lipinski definition) is 3. The summed E-state index contributed by atoms with van der Waals surface area (Å²) >= 11 is 5.66. The molecule has 1 aliphatic carbocycles. The van der Waals surface area contributed by atoms with Crippen LogP contribution in [0.25, 0.3) is 0 Å². The predicted octanol–water partition coefficient (Wildman–Crippen LogP) is 6.10. The molecule has 0 radical (unpaired) electrons. The standard InChI is InChI=1S/C26H37ClO3Si2/c1-26(2,3)32(7,8)30-23-18-24(29-19-20-12-10-9-11-13-20)25(22(28)14-16-27)21(23)15-17-31(4,5)6/h9-13,22-24,28H,18-19H2,1-8H3/t22-,23+,24+/m0/s1. The van der Waals surface area contributed by atoms with Gasteiger partial charge in [0.15, 0.2) is 8.32 Å². The molecule has 32 heavy (non-hydrogen) atoms. The van der Waals surface area contributed by atoms with E-state index in [0.717, 1.165) is 11.1 Å². The summed E-state index contributed by atoms with van der Waals surface area (Å²) in [6.07, 6.45) is -0.969. The average Bonchev–Trinajstić information content (AvgIpc) is 3.01. The molecule has 0 aliphatic heterocycles. The molecular weight excluding hydrogens is 452 g/mol.